The molecule has 1 rings (SSSR count). The average molecular weight is 264 g/mol. The average Bonchev–Trinajstić information content (AvgIpc) is 2.36. The smallest absolute Gasteiger partial charge is 0.137 e. The summed E-state index contributed by atoms with van der Waals surface area (Å²) in [7, 11) is 4.04. The molecule has 0 aromatic carbocycles. The van der Waals surface area contributed by atoms with Crippen LogP contribution in [0.3, 0.4) is 0 Å². The van der Waals surface area contributed by atoms with Gasteiger partial charge in [0.1, 0.15) is 18.0 Å². The first-order valence-corrected chi connectivity index (χ1v) is 7.07. The van der Waals surface area contributed by atoms with Crippen LogP contribution in [0.5, 0.6) is 0 Å². The maximum Gasteiger partial charge on any atom is 0.137 e. The zero-order valence-electron chi connectivity index (χ0n) is 13.4. The molecule has 0 fully saturated rings. The molecule has 0 amide bonds. The van der Waals surface area contributed by atoms with Crippen molar-refractivity contribution in [2.24, 2.45) is 5.41 Å². The lowest BCUT2D eigenvalue weighted by atomic mass is 9.87. The number of nitrogens with zero attached hydrogens (tertiary/aromatic N) is 3. The number of aromatic nitrogens is 2. The number of hydrogen-bond acceptors (Lipinski definition) is 4. The second-order valence-corrected chi connectivity index (χ2v) is 6.18. The van der Waals surface area contributed by atoms with Gasteiger partial charge in [-0.1, -0.05) is 34.1 Å². The van der Waals surface area contributed by atoms with Gasteiger partial charge in [-0.3, -0.25) is 0 Å². The number of hydrogen-bond donors (Lipinski definition) is 1. The maximum atomic E-state index is 4.52. The van der Waals surface area contributed by atoms with E-state index in [4.69, 9.17) is 0 Å². The van der Waals surface area contributed by atoms with E-state index in [1.807, 2.05) is 7.05 Å². The van der Waals surface area contributed by atoms with Crippen LogP contribution < -0.4 is 10.2 Å². The van der Waals surface area contributed by atoms with Gasteiger partial charge < -0.3 is 10.2 Å². The summed E-state index contributed by atoms with van der Waals surface area (Å²) in [6.07, 6.45) is 3.73. The van der Waals surface area contributed by atoms with Crippen LogP contribution in [0.15, 0.2) is 6.33 Å². The molecule has 0 spiro atoms. The Balaban J connectivity index is 3.18. The molecular formula is C15H28N4. The summed E-state index contributed by atoms with van der Waals surface area (Å²) in [6.45, 7) is 11.2. The monoisotopic (exact) mass is 264 g/mol. The molecule has 1 atom stereocenters. The van der Waals surface area contributed by atoms with Gasteiger partial charge in [-0.25, -0.2) is 9.97 Å². The number of rotatable bonds is 5. The van der Waals surface area contributed by atoms with Gasteiger partial charge in [-0.2, -0.15) is 0 Å². The Morgan fingerprint density at radius 2 is 1.95 bits per heavy atom. The van der Waals surface area contributed by atoms with Gasteiger partial charge in [0, 0.05) is 25.7 Å². The molecule has 1 aromatic heterocycles. The molecule has 1 unspecified atom stereocenters. The summed E-state index contributed by atoms with van der Waals surface area (Å²) >= 11 is 0. The van der Waals surface area contributed by atoms with E-state index in [2.05, 4.69) is 61.9 Å². The second-order valence-electron chi connectivity index (χ2n) is 6.18. The molecule has 0 aliphatic heterocycles. The van der Waals surface area contributed by atoms with E-state index in [1.165, 1.54) is 5.56 Å². The Bertz CT molecular complexity index is 409. The van der Waals surface area contributed by atoms with Crippen LogP contribution in [-0.4, -0.2) is 30.1 Å². The first-order valence-electron chi connectivity index (χ1n) is 7.07. The van der Waals surface area contributed by atoms with E-state index in [0.717, 1.165) is 24.5 Å². The van der Waals surface area contributed by atoms with Gasteiger partial charge in [-0.15, -0.1) is 0 Å². The number of nitrogens with one attached hydrogen (secondary N) is 1. The summed E-state index contributed by atoms with van der Waals surface area (Å²) in [6, 6.07) is 0.405. The lowest BCUT2D eigenvalue weighted by Crippen LogP contribution is -2.40. The fraction of sp³-hybridized carbons (Fsp3) is 0.733. The third kappa shape index (κ3) is 3.58. The first kappa shape index (κ1) is 15.7. The van der Waals surface area contributed by atoms with E-state index >= 15 is 0 Å². The highest BCUT2D eigenvalue weighted by Gasteiger charge is 2.26. The van der Waals surface area contributed by atoms with Crippen LogP contribution in [0.2, 0.25) is 0 Å². The van der Waals surface area contributed by atoms with Gasteiger partial charge in [-0.05, 0) is 18.8 Å². The molecule has 0 aliphatic rings. The summed E-state index contributed by atoms with van der Waals surface area (Å²) in [5, 5.41) is 3.18. The Morgan fingerprint density at radius 3 is 2.42 bits per heavy atom. The lowest BCUT2D eigenvalue weighted by molar-refractivity contribution is 0.328. The summed E-state index contributed by atoms with van der Waals surface area (Å²) in [4.78, 5) is 11.1. The van der Waals surface area contributed by atoms with Crippen LogP contribution in [0.4, 0.5) is 11.6 Å². The zero-order valence-corrected chi connectivity index (χ0v) is 13.4. The van der Waals surface area contributed by atoms with E-state index < -0.39 is 0 Å². The molecule has 4 nitrogen and oxygen atoms in total. The minimum atomic E-state index is 0.211. The topological polar surface area (TPSA) is 41.1 Å². The molecule has 1 heterocycles. The number of anilines is 2. The van der Waals surface area contributed by atoms with Crippen LogP contribution in [0.1, 0.15) is 46.6 Å². The molecule has 4 heteroatoms. The van der Waals surface area contributed by atoms with Crippen molar-refractivity contribution in [2.45, 2.75) is 53.5 Å². The Labute approximate surface area is 117 Å². The molecule has 0 bridgehead atoms. The molecule has 19 heavy (non-hydrogen) atoms. The van der Waals surface area contributed by atoms with Crippen molar-refractivity contribution >= 4 is 11.6 Å². The Hall–Kier alpha value is -1.32. The molecule has 0 aliphatic carbocycles. The van der Waals surface area contributed by atoms with Gasteiger partial charge >= 0.3 is 0 Å². The second kappa shape index (κ2) is 6.22. The molecular weight excluding hydrogens is 236 g/mol. The Morgan fingerprint density at radius 1 is 1.32 bits per heavy atom. The molecule has 1 N–H and O–H groups in total. The van der Waals surface area contributed by atoms with Crippen molar-refractivity contribution in [1.29, 1.82) is 0 Å². The molecule has 0 saturated heterocycles. The molecule has 0 saturated carbocycles. The van der Waals surface area contributed by atoms with E-state index in [1.54, 1.807) is 6.33 Å². The fourth-order valence-electron chi connectivity index (χ4n) is 2.17. The molecule has 108 valence electrons. The van der Waals surface area contributed by atoms with Crippen molar-refractivity contribution in [3.63, 3.8) is 0 Å². The van der Waals surface area contributed by atoms with Gasteiger partial charge in [0.2, 0.25) is 0 Å². The largest absolute Gasteiger partial charge is 0.373 e. The van der Waals surface area contributed by atoms with Crippen molar-refractivity contribution in [3.8, 4) is 0 Å². The molecule has 1 aromatic rings. The summed E-state index contributed by atoms with van der Waals surface area (Å²) in [5.74, 6) is 1.99. The SMILES string of the molecule is CCCc1c(NC)ncnc1N(C)C(C)C(C)(C)C. The quantitative estimate of drug-likeness (QED) is 0.885. The minimum Gasteiger partial charge on any atom is -0.373 e. The van der Waals surface area contributed by atoms with Crippen LogP contribution >= 0.6 is 0 Å². The van der Waals surface area contributed by atoms with Crippen molar-refractivity contribution in [1.82, 2.24) is 9.97 Å². The van der Waals surface area contributed by atoms with Gasteiger partial charge in [0.05, 0.1) is 0 Å². The predicted octanol–water partition coefficient (Wildman–Crippen LogP) is 3.34. The van der Waals surface area contributed by atoms with Gasteiger partial charge in [0.25, 0.3) is 0 Å². The van der Waals surface area contributed by atoms with Crippen molar-refractivity contribution in [2.75, 3.05) is 24.3 Å². The van der Waals surface area contributed by atoms with Crippen LogP contribution in [-0.2, 0) is 6.42 Å². The Kier molecular flexibility index (Phi) is 5.15. The standard InChI is InChI=1S/C15H28N4/c1-8-9-12-13(16-6)17-10-18-14(12)19(7)11(2)15(3,4)5/h10-11H,8-9H2,1-7H3,(H,16,17,18). The van der Waals surface area contributed by atoms with Crippen molar-refractivity contribution < 1.29 is 0 Å². The third-order valence-electron chi connectivity index (χ3n) is 3.83. The summed E-state index contributed by atoms with van der Waals surface area (Å²) < 4.78 is 0. The van der Waals surface area contributed by atoms with Crippen LogP contribution in [0.25, 0.3) is 0 Å². The van der Waals surface area contributed by atoms with Crippen LogP contribution in [0, 0.1) is 5.41 Å². The maximum absolute atomic E-state index is 4.52. The fourth-order valence-corrected chi connectivity index (χ4v) is 2.17. The van der Waals surface area contributed by atoms with E-state index in [0.29, 0.717) is 6.04 Å². The predicted molar refractivity (Wildman–Crippen MR) is 82.9 cm³/mol. The third-order valence-corrected chi connectivity index (χ3v) is 3.83. The normalized spacial score (nSPS) is 13.2. The van der Waals surface area contributed by atoms with Gasteiger partial charge in [0.15, 0.2) is 0 Å². The van der Waals surface area contributed by atoms with E-state index in [-0.39, 0.29) is 5.41 Å². The lowest BCUT2D eigenvalue weighted by Gasteiger charge is -2.37. The molecule has 0 radical (unpaired) electrons. The zero-order chi connectivity index (χ0) is 14.6. The van der Waals surface area contributed by atoms with E-state index in [9.17, 15) is 0 Å². The minimum absolute atomic E-state index is 0.211. The highest BCUT2D eigenvalue weighted by Crippen LogP contribution is 2.30. The highest BCUT2D eigenvalue weighted by atomic mass is 15.2. The highest BCUT2D eigenvalue weighted by molar-refractivity contribution is 5.58. The first-order chi connectivity index (χ1) is 8.82. The summed E-state index contributed by atoms with van der Waals surface area (Å²) in [5.41, 5.74) is 1.43. The van der Waals surface area contributed by atoms with Crippen molar-refractivity contribution in [3.05, 3.63) is 11.9 Å².